The lowest BCUT2D eigenvalue weighted by atomic mass is 10.2. The van der Waals surface area contributed by atoms with Gasteiger partial charge in [0.1, 0.15) is 5.82 Å². The summed E-state index contributed by atoms with van der Waals surface area (Å²) in [5, 5.41) is 3.04. The van der Waals surface area contributed by atoms with E-state index in [1.54, 1.807) is 19.1 Å². The molecular formula is C15H15BrFNO2S. The fraction of sp³-hybridized carbons (Fsp3) is 0.267. The van der Waals surface area contributed by atoms with E-state index in [2.05, 4.69) is 21.2 Å². The number of aryl methyl sites for hydroxylation is 1. The van der Waals surface area contributed by atoms with Crippen molar-refractivity contribution in [2.24, 2.45) is 0 Å². The number of esters is 1. The Hall–Kier alpha value is -1.40. The third kappa shape index (κ3) is 4.04. The van der Waals surface area contributed by atoms with Gasteiger partial charge in [0.15, 0.2) is 6.04 Å². The summed E-state index contributed by atoms with van der Waals surface area (Å²) in [6.45, 7) is 4.01. The fourth-order valence-corrected chi connectivity index (χ4v) is 3.44. The number of benzene rings is 1. The third-order valence-corrected chi connectivity index (χ3v) is 5.02. The van der Waals surface area contributed by atoms with Gasteiger partial charge < -0.3 is 10.1 Å². The Morgan fingerprint density at radius 1 is 1.48 bits per heavy atom. The normalized spacial score (nSPS) is 12.0. The molecule has 1 N–H and O–H groups in total. The number of rotatable bonds is 5. The largest absolute Gasteiger partial charge is 0.464 e. The summed E-state index contributed by atoms with van der Waals surface area (Å²) in [7, 11) is 0. The SMILES string of the molecule is CCOC(=O)C(Nc1cccc(F)c1)c1cc(Br)c(C)s1. The number of halogens is 2. The number of anilines is 1. The van der Waals surface area contributed by atoms with Gasteiger partial charge in [0.05, 0.1) is 6.61 Å². The second-order valence-electron chi connectivity index (χ2n) is 4.39. The standard InChI is InChI=1S/C15H15BrFNO2S/c1-3-20-15(19)14(13-8-12(16)9(2)21-13)18-11-6-4-5-10(17)7-11/h4-8,14,18H,3H2,1-2H3. The number of hydrogen-bond acceptors (Lipinski definition) is 4. The highest BCUT2D eigenvalue weighted by Crippen LogP contribution is 2.33. The predicted octanol–water partition coefficient (Wildman–Crippen LogP) is 4.67. The highest BCUT2D eigenvalue weighted by atomic mass is 79.9. The zero-order chi connectivity index (χ0) is 15.4. The van der Waals surface area contributed by atoms with Gasteiger partial charge in [0.2, 0.25) is 0 Å². The first-order valence-corrected chi connectivity index (χ1v) is 8.06. The summed E-state index contributed by atoms with van der Waals surface area (Å²) >= 11 is 4.94. The van der Waals surface area contributed by atoms with E-state index < -0.39 is 6.04 Å². The number of nitrogens with one attached hydrogen (secondary N) is 1. The van der Waals surface area contributed by atoms with Crippen LogP contribution >= 0.6 is 27.3 Å². The molecule has 0 radical (unpaired) electrons. The van der Waals surface area contributed by atoms with Crippen LogP contribution in [0.15, 0.2) is 34.8 Å². The molecular weight excluding hydrogens is 357 g/mol. The van der Waals surface area contributed by atoms with Crippen LogP contribution in [0.3, 0.4) is 0 Å². The first-order valence-electron chi connectivity index (χ1n) is 6.45. The molecule has 0 spiro atoms. The van der Waals surface area contributed by atoms with Crippen molar-refractivity contribution in [3.8, 4) is 0 Å². The molecule has 0 amide bonds. The van der Waals surface area contributed by atoms with E-state index in [9.17, 15) is 9.18 Å². The van der Waals surface area contributed by atoms with E-state index in [0.29, 0.717) is 12.3 Å². The average molecular weight is 372 g/mol. The smallest absolute Gasteiger partial charge is 0.334 e. The Kier molecular flexibility index (Phi) is 5.36. The molecule has 0 saturated heterocycles. The summed E-state index contributed by atoms with van der Waals surface area (Å²) in [5.74, 6) is -0.735. The molecule has 0 bridgehead atoms. The predicted molar refractivity (Wildman–Crippen MR) is 86.2 cm³/mol. The molecule has 1 atom stereocenters. The van der Waals surface area contributed by atoms with Crippen molar-refractivity contribution in [1.82, 2.24) is 0 Å². The van der Waals surface area contributed by atoms with Crippen molar-refractivity contribution in [2.75, 3.05) is 11.9 Å². The van der Waals surface area contributed by atoms with Gasteiger partial charge >= 0.3 is 5.97 Å². The van der Waals surface area contributed by atoms with Gasteiger partial charge in [-0.2, -0.15) is 0 Å². The second kappa shape index (κ2) is 7.04. The molecule has 0 saturated carbocycles. The van der Waals surface area contributed by atoms with Crippen LogP contribution in [0, 0.1) is 12.7 Å². The molecule has 2 rings (SSSR count). The quantitative estimate of drug-likeness (QED) is 0.775. The lowest BCUT2D eigenvalue weighted by Crippen LogP contribution is -2.22. The van der Waals surface area contributed by atoms with E-state index >= 15 is 0 Å². The Balaban J connectivity index is 2.30. The van der Waals surface area contributed by atoms with Gasteiger partial charge in [-0.25, -0.2) is 9.18 Å². The van der Waals surface area contributed by atoms with Gasteiger partial charge in [-0.05, 0) is 54.0 Å². The van der Waals surface area contributed by atoms with Gasteiger partial charge in [0.25, 0.3) is 0 Å². The van der Waals surface area contributed by atoms with Gasteiger partial charge in [-0.1, -0.05) is 6.07 Å². The molecule has 1 aromatic heterocycles. The molecule has 112 valence electrons. The Morgan fingerprint density at radius 3 is 2.81 bits per heavy atom. The molecule has 1 aromatic carbocycles. The Bertz CT molecular complexity index is 625. The molecule has 0 fully saturated rings. The first-order chi connectivity index (χ1) is 10.0. The van der Waals surface area contributed by atoms with Crippen LogP contribution in [0.25, 0.3) is 0 Å². The summed E-state index contributed by atoms with van der Waals surface area (Å²) in [6, 6.07) is 7.24. The van der Waals surface area contributed by atoms with Gasteiger partial charge in [0, 0.05) is 19.9 Å². The molecule has 3 nitrogen and oxygen atoms in total. The molecule has 6 heteroatoms. The number of ether oxygens (including phenoxy) is 1. The molecule has 1 heterocycles. The zero-order valence-electron chi connectivity index (χ0n) is 11.7. The molecule has 0 aliphatic heterocycles. The maximum absolute atomic E-state index is 13.3. The third-order valence-electron chi connectivity index (χ3n) is 2.82. The van der Waals surface area contributed by atoms with Crippen molar-refractivity contribution in [1.29, 1.82) is 0 Å². The minimum Gasteiger partial charge on any atom is -0.464 e. The van der Waals surface area contributed by atoms with Crippen molar-refractivity contribution < 1.29 is 13.9 Å². The van der Waals surface area contributed by atoms with Crippen molar-refractivity contribution >= 4 is 38.9 Å². The Labute approximate surface area is 135 Å². The topological polar surface area (TPSA) is 38.3 Å². The van der Waals surface area contributed by atoms with E-state index in [1.165, 1.54) is 23.5 Å². The lowest BCUT2D eigenvalue weighted by molar-refractivity contribution is -0.144. The van der Waals surface area contributed by atoms with Crippen LogP contribution in [0.1, 0.15) is 22.7 Å². The molecule has 1 unspecified atom stereocenters. The minimum absolute atomic E-state index is 0.297. The van der Waals surface area contributed by atoms with E-state index in [1.807, 2.05) is 13.0 Å². The summed E-state index contributed by atoms with van der Waals surface area (Å²) in [4.78, 5) is 14.1. The minimum atomic E-state index is -0.651. The maximum Gasteiger partial charge on any atom is 0.334 e. The number of carbonyl (C=O) groups excluding carboxylic acids is 1. The second-order valence-corrected chi connectivity index (χ2v) is 6.53. The monoisotopic (exact) mass is 371 g/mol. The van der Waals surface area contributed by atoms with E-state index in [0.717, 1.165) is 14.2 Å². The summed E-state index contributed by atoms with van der Waals surface area (Å²) in [5.41, 5.74) is 0.537. The highest BCUT2D eigenvalue weighted by molar-refractivity contribution is 9.10. The zero-order valence-corrected chi connectivity index (χ0v) is 14.1. The summed E-state index contributed by atoms with van der Waals surface area (Å²) < 4.78 is 19.3. The van der Waals surface area contributed by atoms with Crippen LogP contribution in [-0.2, 0) is 9.53 Å². The van der Waals surface area contributed by atoms with Crippen molar-refractivity contribution in [2.45, 2.75) is 19.9 Å². The fourth-order valence-electron chi connectivity index (χ4n) is 1.84. The number of carbonyl (C=O) groups is 1. The lowest BCUT2D eigenvalue weighted by Gasteiger charge is -2.17. The molecule has 21 heavy (non-hydrogen) atoms. The average Bonchev–Trinajstić information content (AvgIpc) is 2.76. The van der Waals surface area contributed by atoms with Crippen molar-refractivity contribution in [3.63, 3.8) is 0 Å². The molecule has 0 aliphatic rings. The van der Waals surface area contributed by atoms with Crippen LogP contribution in [-0.4, -0.2) is 12.6 Å². The first kappa shape index (κ1) is 16.0. The molecule has 2 aromatic rings. The van der Waals surface area contributed by atoms with Crippen LogP contribution < -0.4 is 5.32 Å². The number of hydrogen-bond donors (Lipinski definition) is 1. The molecule has 0 aliphatic carbocycles. The Morgan fingerprint density at radius 2 is 2.24 bits per heavy atom. The highest BCUT2D eigenvalue weighted by Gasteiger charge is 2.24. The van der Waals surface area contributed by atoms with Gasteiger partial charge in [-0.3, -0.25) is 0 Å². The van der Waals surface area contributed by atoms with Crippen LogP contribution in [0.2, 0.25) is 0 Å². The summed E-state index contributed by atoms with van der Waals surface area (Å²) in [6.07, 6.45) is 0. The van der Waals surface area contributed by atoms with Crippen LogP contribution in [0.4, 0.5) is 10.1 Å². The van der Waals surface area contributed by atoms with E-state index in [-0.39, 0.29) is 11.8 Å². The van der Waals surface area contributed by atoms with Gasteiger partial charge in [-0.15, -0.1) is 11.3 Å². The maximum atomic E-state index is 13.3. The number of thiophene rings is 1. The van der Waals surface area contributed by atoms with Crippen LogP contribution in [0.5, 0.6) is 0 Å². The van der Waals surface area contributed by atoms with Crippen molar-refractivity contribution in [3.05, 3.63) is 50.4 Å². The van der Waals surface area contributed by atoms with E-state index in [4.69, 9.17) is 4.74 Å².